The average molecular weight is 228 g/mol. The molecule has 5 heteroatoms. The van der Waals surface area contributed by atoms with Gasteiger partial charge in [0.25, 0.3) is 0 Å². The highest BCUT2D eigenvalue weighted by Gasteiger charge is 2.35. The molecule has 16 heavy (non-hydrogen) atoms. The molecule has 0 spiro atoms. The van der Waals surface area contributed by atoms with Crippen LogP contribution in [-0.2, 0) is 9.53 Å². The van der Waals surface area contributed by atoms with Crippen molar-refractivity contribution < 1.29 is 14.6 Å². The lowest BCUT2D eigenvalue weighted by molar-refractivity contribution is -0.145. The van der Waals surface area contributed by atoms with Gasteiger partial charge in [-0.1, -0.05) is 0 Å². The summed E-state index contributed by atoms with van der Waals surface area (Å²) < 4.78 is 5.30. The summed E-state index contributed by atoms with van der Waals surface area (Å²) in [7, 11) is 0. The normalized spacial score (nSPS) is 29.9. The van der Waals surface area contributed by atoms with Gasteiger partial charge in [-0.05, 0) is 19.4 Å². The molecule has 2 atom stereocenters. The molecule has 0 bridgehead atoms. The van der Waals surface area contributed by atoms with Crippen LogP contribution in [0, 0.1) is 5.92 Å². The van der Waals surface area contributed by atoms with E-state index in [1.54, 1.807) is 0 Å². The summed E-state index contributed by atoms with van der Waals surface area (Å²) in [4.78, 5) is 13.5. The van der Waals surface area contributed by atoms with Gasteiger partial charge in [-0.2, -0.15) is 0 Å². The maximum atomic E-state index is 11.4. The smallest absolute Gasteiger partial charge is 0.321 e. The third-order valence-electron chi connectivity index (χ3n) is 3.43. The number of nitrogens with zero attached hydrogens (tertiary/aromatic N) is 1. The molecule has 2 saturated heterocycles. The SMILES string of the molecule is O=C(O)C(C1CCOC1)N1CCCNCC1. The minimum Gasteiger partial charge on any atom is -0.480 e. The highest BCUT2D eigenvalue weighted by atomic mass is 16.5. The van der Waals surface area contributed by atoms with Gasteiger partial charge in [-0.15, -0.1) is 0 Å². The van der Waals surface area contributed by atoms with Crippen LogP contribution in [0.4, 0.5) is 0 Å². The molecule has 5 nitrogen and oxygen atoms in total. The Morgan fingerprint density at radius 2 is 2.31 bits per heavy atom. The molecule has 2 heterocycles. The highest BCUT2D eigenvalue weighted by molar-refractivity contribution is 5.74. The van der Waals surface area contributed by atoms with E-state index in [-0.39, 0.29) is 12.0 Å². The molecule has 0 aromatic carbocycles. The largest absolute Gasteiger partial charge is 0.480 e. The van der Waals surface area contributed by atoms with Gasteiger partial charge in [0.2, 0.25) is 0 Å². The van der Waals surface area contributed by atoms with Gasteiger partial charge >= 0.3 is 5.97 Å². The lowest BCUT2D eigenvalue weighted by Gasteiger charge is -2.30. The first-order valence-corrected chi connectivity index (χ1v) is 6.04. The Morgan fingerprint density at radius 1 is 1.44 bits per heavy atom. The lowest BCUT2D eigenvalue weighted by Crippen LogP contribution is -2.47. The minimum atomic E-state index is -0.697. The zero-order valence-corrected chi connectivity index (χ0v) is 9.52. The summed E-state index contributed by atoms with van der Waals surface area (Å²) >= 11 is 0. The van der Waals surface area contributed by atoms with Crippen molar-refractivity contribution in [3.05, 3.63) is 0 Å². The first-order valence-electron chi connectivity index (χ1n) is 6.04. The molecule has 2 aliphatic rings. The summed E-state index contributed by atoms with van der Waals surface area (Å²) in [5, 5.41) is 12.7. The first kappa shape index (κ1) is 11.8. The Labute approximate surface area is 95.8 Å². The van der Waals surface area contributed by atoms with E-state index in [2.05, 4.69) is 10.2 Å². The number of rotatable bonds is 3. The Hall–Kier alpha value is -0.650. The number of ether oxygens (including phenoxy) is 1. The van der Waals surface area contributed by atoms with E-state index in [0.29, 0.717) is 13.2 Å². The van der Waals surface area contributed by atoms with Crippen molar-refractivity contribution in [2.45, 2.75) is 18.9 Å². The summed E-state index contributed by atoms with van der Waals surface area (Å²) in [5.74, 6) is -0.534. The van der Waals surface area contributed by atoms with Crippen molar-refractivity contribution in [2.24, 2.45) is 5.92 Å². The summed E-state index contributed by atoms with van der Waals surface area (Å²) in [5.41, 5.74) is 0. The standard InChI is InChI=1S/C11H20N2O3/c14-11(15)10(9-2-7-16-8-9)13-5-1-3-12-4-6-13/h9-10,12H,1-8H2,(H,14,15). The van der Waals surface area contributed by atoms with Crippen LogP contribution in [0.1, 0.15) is 12.8 Å². The average Bonchev–Trinajstić information content (AvgIpc) is 2.62. The molecular weight excluding hydrogens is 208 g/mol. The number of carboxylic acid groups (broad SMARTS) is 1. The third kappa shape index (κ3) is 2.72. The maximum Gasteiger partial charge on any atom is 0.321 e. The van der Waals surface area contributed by atoms with E-state index in [9.17, 15) is 9.90 Å². The van der Waals surface area contributed by atoms with Crippen LogP contribution in [0.5, 0.6) is 0 Å². The molecule has 0 amide bonds. The van der Waals surface area contributed by atoms with E-state index < -0.39 is 5.97 Å². The van der Waals surface area contributed by atoms with Gasteiger partial charge in [-0.3, -0.25) is 9.69 Å². The van der Waals surface area contributed by atoms with Gasteiger partial charge in [0.15, 0.2) is 0 Å². The molecule has 2 fully saturated rings. The fourth-order valence-electron chi connectivity index (χ4n) is 2.60. The molecule has 2 unspecified atom stereocenters. The fraction of sp³-hybridized carbons (Fsp3) is 0.909. The molecule has 0 aromatic heterocycles. The number of hydrogen-bond donors (Lipinski definition) is 2. The summed E-state index contributed by atoms with van der Waals surface area (Å²) in [6.07, 6.45) is 1.90. The summed E-state index contributed by atoms with van der Waals surface area (Å²) in [6, 6.07) is -0.359. The van der Waals surface area contributed by atoms with Gasteiger partial charge in [0, 0.05) is 32.2 Å². The second kappa shape index (κ2) is 5.61. The topological polar surface area (TPSA) is 61.8 Å². The number of carboxylic acids is 1. The van der Waals surface area contributed by atoms with Gasteiger partial charge in [-0.25, -0.2) is 0 Å². The van der Waals surface area contributed by atoms with Crippen LogP contribution in [0.2, 0.25) is 0 Å². The molecule has 92 valence electrons. The van der Waals surface area contributed by atoms with Crippen molar-refractivity contribution in [1.82, 2.24) is 10.2 Å². The predicted octanol–water partition coefficient (Wildman–Crippen LogP) is -0.229. The lowest BCUT2D eigenvalue weighted by atomic mass is 9.97. The van der Waals surface area contributed by atoms with E-state index in [0.717, 1.165) is 39.0 Å². The van der Waals surface area contributed by atoms with Crippen molar-refractivity contribution in [2.75, 3.05) is 39.4 Å². The Bertz CT molecular complexity index is 233. The van der Waals surface area contributed by atoms with Crippen LogP contribution in [0.15, 0.2) is 0 Å². The molecule has 0 aromatic rings. The molecular formula is C11H20N2O3. The molecule has 0 saturated carbocycles. The second-order valence-corrected chi connectivity index (χ2v) is 4.55. The van der Waals surface area contributed by atoms with E-state index in [1.165, 1.54) is 0 Å². The fourth-order valence-corrected chi connectivity index (χ4v) is 2.60. The maximum absolute atomic E-state index is 11.4. The van der Waals surface area contributed by atoms with Crippen LogP contribution in [0.25, 0.3) is 0 Å². The molecule has 0 radical (unpaired) electrons. The molecule has 2 N–H and O–H groups in total. The number of hydrogen-bond acceptors (Lipinski definition) is 4. The monoisotopic (exact) mass is 228 g/mol. The van der Waals surface area contributed by atoms with Gasteiger partial charge in [0.05, 0.1) is 6.61 Å². The first-order chi connectivity index (χ1) is 7.79. The Kier molecular flexibility index (Phi) is 4.15. The van der Waals surface area contributed by atoms with E-state index >= 15 is 0 Å². The van der Waals surface area contributed by atoms with Gasteiger partial charge in [0.1, 0.15) is 6.04 Å². The van der Waals surface area contributed by atoms with Crippen LogP contribution < -0.4 is 5.32 Å². The number of aliphatic carboxylic acids is 1. The van der Waals surface area contributed by atoms with Crippen LogP contribution >= 0.6 is 0 Å². The minimum absolute atomic E-state index is 0.163. The number of carbonyl (C=O) groups is 1. The Morgan fingerprint density at radius 3 is 3.00 bits per heavy atom. The van der Waals surface area contributed by atoms with Crippen molar-refractivity contribution >= 4 is 5.97 Å². The highest BCUT2D eigenvalue weighted by Crippen LogP contribution is 2.22. The quantitative estimate of drug-likeness (QED) is 0.699. The van der Waals surface area contributed by atoms with Crippen molar-refractivity contribution in [3.8, 4) is 0 Å². The third-order valence-corrected chi connectivity index (χ3v) is 3.43. The number of nitrogens with one attached hydrogen (secondary N) is 1. The van der Waals surface area contributed by atoms with E-state index in [1.807, 2.05) is 0 Å². The predicted molar refractivity (Wildman–Crippen MR) is 59.4 cm³/mol. The zero-order valence-electron chi connectivity index (χ0n) is 9.52. The van der Waals surface area contributed by atoms with Crippen LogP contribution in [0.3, 0.4) is 0 Å². The van der Waals surface area contributed by atoms with Crippen molar-refractivity contribution in [1.29, 1.82) is 0 Å². The van der Waals surface area contributed by atoms with Crippen LogP contribution in [-0.4, -0.2) is 61.4 Å². The molecule has 0 aliphatic carbocycles. The molecule has 2 aliphatic heterocycles. The Balaban J connectivity index is 2.01. The summed E-state index contributed by atoms with van der Waals surface area (Å²) in [6.45, 7) is 4.89. The zero-order chi connectivity index (χ0) is 11.4. The molecule has 2 rings (SSSR count). The second-order valence-electron chi connectivity index (χ2n) is 4.55. The van der Waals surface area contributed by atoms with Gasteiger partial charge < -0.3 is 15.2 Å². The van der Waals surface area contributed by atoms with E-state index in [4.69, 9.17) is 4.74 Å². The van der Waals surface area contributed by atoms with Crippen molar-refractivity contribution in [3.63, 3.8) is 0 Å².